The predicted octanol–water partition coefficient (Wildman–Crippen LogP) is -3.42. The van der Waals surface area contributed by atoms with Crippen LogP contribution in [-0.4, -0.2) is 77.7 Å². The quantitative estimate of drug-likeness (QED) is 0.0775. The number of nitrogens with two attached hydrogens (primary N) is 3. The molecule has 4 unspecified atom stereocenters. The van der Waals surface area contributed by atoms with Crippen molar-refractivity contribution in [3.8, 4) is 0 Å². The molecule has 0 fully saturated rings. The highest BCUT2D eigenvalue weighted by molar-refractivity contribution is 5.92. The van der Waals surface area contributed by atoms with E-state index < -0.39 is 55.0 Å². The molecule has 4 atom stereocenters. The Labute approximate surface area is 174 Å². The van der Waals surface area contributed by atoms with E-state index in [0.717, 1.165) is 0 Å². The zero-order valence-electron chi connectivity index (χ0n) is 17.3. The van der Waals surface area contributed by atoms with Gasteiger partial charge in [0.25, 0.3) is 0 Å². The van der Waals surface area contributed by atoms with Crippen molar-refractivity contribution in [2.24, 2.45) is 28.1 Å². The van der Waals surface area contributed by atoms with Gasteiger partial charge >= 0.3 is 5.97 Å². The molecule has 13 heteroatoms. The average molecular weight is 431 g/mol. The topological polar surface area (TPSA) is 235 Å². The number of carbonyl (C=O) groups is 4. The summed E-state index contributed by atoms with van der Waals surface area (Å²) >= 11 is 0. The van der Waals surface area contributed by atoms with Crippen LogP contribution < -0.4 is 33.2 Å². The smallest absolute Gasteiger partial charge is 0.328 e. The Morgan fingerprint density at radius 3 is 2.20 bits per heavy atom. The van der Waals surface area contributed by atoms with Crippen LogP contribution in [0.1, 0.15) is 33.1 Å². The molecule has 30 heavy (non-hydrogen) atoms. The normalized spacial score (nSPS) is 14.5. The summed E-state index contributed by atoms with van der Waals surface area (Å²) in [6.07, 6.45) is 1.08. The second-order valence-electron chi connectivity index (χ2n) is 6.78. The first-order valence-electron chi connectivity index (χ1n) is 9.55. The van der Waals surface area contributed by atoms with Crippen LogP contribution >= 0.6 is 0 Å². The van der Waals surface area contributed by atoms with Crippen LogP contribution in [-0.2, 0) is 19.2 Å². The second kappa shape index (κ2) is 14.1. The van der Waals surface area contributed by atoms with E-state index in [0.29, 0.717) is 12.8 Å². The molecule has 13 nitrogen and oxygen atoms in total. The van der Waals surface area contributed by atoms with Crippen molar-refractivity contribution in [2.75, 3.05) is 19.7 Å². The van der Waals surface area contributed by atoms with Gasteiger partial charge in [0.2, 0.25) is 17.7 Å². The van der Waals surface area contributed by atoms with Crippen molar-refractivity contribution in [2.45, 2.75) is 51.2 Å². The molecule has 0 saturated heterocycles. The lowest BCUT2D eigenvalue weighted by Gasteiger charge is -2.21. The van der Waals surface area contributed by atoms with E-state index in [-0.39, 0.29) is 24.8 Å². The van der Waals surface area contributed by atoms with Gasteiger partial charge in [0.15, 0.2) is 5.96 Å². The zero-order valence-corrected chi connectivity index (χ0v) is 17.3. The molecule has 0 aromatic rings. The SMILES string of the molecule is CCC(C)C(N)C(=O)NCC(=O)NC(CCCN=C(N)N)C(=O)NC(CO)C(=O)O. The molecule has 0 aliphatic rings. The van der Waals surface area contributed by atoms with Gasteiger partial charge in [-0.15, -0.1) is 0 Å². The number of carboxylic acid groups (broad SMARTS) is 1. The summed E-state index contributed by atoms with van der Waals surface area (Å²) in [4.78, 5) is 51.3. The van der Waals surface area contributed by atoms with E-state index in [1.807, 2.05) is 6.92 Å². The Hall–Kier alpha value is -2.93. The maximum atomic E-state index is 12.4. The fourth-order valence-electron chi connectivity index (χ4n) is 2.27. The Kier molecular flexibility index (Phi) is 12.7. The molecule has 0 aliphatic carbocycles. The van der Waals surface area contributed by atoms with Crippen molar-refractivity contribution < 1.29 is 29.4 Å². The van der Waals surface area contributed by atoms with E-state index >= 15 is 0 Å². The minimum absolute atomic E-state index is 0.0754. The van der Waals surface area contributed by atoms with Gasteiger partial charge in [-0.2, -0.15) is 0 Å². The highest BCUT2D eigenvalue weighted by atomic mass is 16.4. The van der Waals surface area contributed by atoms with Crippen LogP contribution in [0.25, 0.3) is 0 Å². The molecule has 3 amide bonds. The van der Waals surface area contributed by atoms with E-state index in [2.05, 4.69) is 20.9 Å². The van der Waals surface area contributed by atoms with Gasteiger partial charge < -0.3 is 43.4 Å². The maximum Gasteiger partial charge on any atom is 0.328 e. The molecule has 0 heterocycles. The fourth-order valence-corrected chi connectivity index (χ4v) is 2.27. The summed E-state index contributed by atoms with van der Waals surface area (Å²) in [6, 6.07) is -3.43. The lowest BCUT2D eigenvalue weighted by Crippen LogP contribution is -2.54. The van der Waals surface area contributed by atoms with Crippen LogP contribution in [0.2, 0.25) is 0 Å². The number of rotatable bonds is 14. The number of aliphatic hydroxyl groups is 1. The van der Waals surface area contributed by atoms with E-state index in [9.17, 15) is 19.2 Å². The van der Waals surface area contributed by atoms with Gasteiger partial charge in [-0.1, -0.05) is 20.3 Å². The van der Waals surface area contributed by atoms with Gasteiger partial charge in [0, 0.05) is 6.54 Å². The van der Waals surface area contributed by atoms with Gasteiger partial charge in [0.1, 0.15) is 12.1 Å². The van der Waals surface area contributed by atoms with Crippen molar-refractivity contribution in [1.29, 1.82) is 0 Å². The first-order chi connectivity index (χ1) is 14.0. The molecular weight excluding hydrogens is 398 g/mol. The number of guanidine groups is 1. The van der Waals surface area contributed by atoms with Crippen LogP contribution in [0.15, 0.2) is 4.99 Å². The molecule has 11 N–H and O–H groups in total. The van der Waals surface area contributed by atoms with Crippen LogP contribution in [0.5, 0.6) is 0 Å². The van der Waals surface area contributed by atoms with E-state index in [4.69, 9.17) is 27.4 Å². The third-order valence-electron chi connectivity index (χ3n) is 4.38. The van der Waals surface area contributed by atoms with Gasteiger partial charge in [-0.3, -0.25) is 19.4 Å². The Balaban J connectivity index is 4.93. The minimum atomic E-state index is -1.53. The molecule has 0 aromatic carbocycles. The predicted molar refractivity (Wildman–Crippen MR) is 109 cm³/mol. The van der Waals surface area contributed by atoms with Crippen molar-refractivity contribution in [3.05, 3.63) is 0 Å². The summed E-state index contributed by atoms with van der Waals surface area (Å²) < 4.78 is 0. The summed E-state index contributed by atoms with van der Waals surface area (Å²) in [5.74, 6) is -3.61. The molecule has 0 spiro atoms. The van der Waals surface area contributed by atoms with Gasteiger partial charge in [-0.05, 0) is 18.8 Å². The van der Waals surface area contributed by atoms with E-state index in [1.165, 1.54) is 0 Å². The van der Waals surface area contributed by atoms with Crippen LogP contribution in [0.4, 0.5) is 0 Å². The number of nitrogens with one attached hydrogen (secondary N) is 3. The maximum absolute atomic E-state index is 12.4. The first kappa shape index (κ1) is 27.1. The Bertz CT molecular complexity index is 624. The number of aliphatic hydroxyl groups excluding tert-OH is 1. The number of hydrogen-bond acceptors (Lipinski definition) is 7. The van der Waals surface area contributed by atoms with E-state index in [1.54, 1.807) is 6.92 Å². The summed E-state index contributed by atoms with van der Waals surface area (Å²) in [6.45, 7) is 2.64. The third-order valence-corrected chi connectivity index (χ3v) is 4.38. The Morgan fingerprint density at radius 2 is 1.70 bits per heavy atom. The molecule has 172 valence electrons. The highest BCUT2D eigenvalue weighted by Gasteiger charge is 2.26. The second-order valence-corrected chi connectivity index (χ2v) is 6.78. The fraction of sp³-hybridized carbons (Fsp3) is 0.706. The standard InChI is InChI=1S/C17H33N7O6/c1-3-9(2)13(18)15(28)22-7-12(26)23-10(5-4-6-21-17(19)20)14(27)24-11(8-25)16(29)30/h9-11,13,25H,3-8,18H2,1-2H3,(H,22,28)(H,23,26)(H,24,27)(H,29,30)(H4,19,20,21). The highest BCUT2D eigenvalue weighted by Crippen LogP contribution is 2.05. The lowest BCUT2D eigenvalue weighted by atomic mass is 9.99. The molecule has 0 bridgehead atoms. The average Bonchev–Trinajstić information content (AvgIpc) is 2.70. The lowest BCUT2D eigenvalue weighted by molar-refractivity contribution is -0.143. The molecule has 0 aliphatic heterocycles. The van der Waals surface area contributed by atoms with Gasteiger partial charge in [0.05, 0.1) is 19.2 Å². The number of hydrogen-bond donors (Lipinski definition) is 8. The van der Waals surface area contributed by atoms with Crippen molar-refractivity contribution in [1.82, 2.24) is 16.0 Å². The molecular formula is C17H33N7O6. The number of aliphatic imine (C=N–C) groups is 1. The molecule has 0 rings (SSSR count). The number of carboxylic acids is 1. The van der Waals surface area contributed by atoms with Crippen molar-refractivity contribution >= 4 is 29.7 Å². The summed E-state index contributed by atoms with van der Waals surface area (Å²) in [5.41, 5.74) is 16.2. The largest absolute Gasteiger partial charge is 0.480 e. The third kappa shape index (κ3) is 10.6. The zero-order chi connectivity index (χ0) is 23.3. The van der Waals surface area contributed by atoms with Crippen molar-refractivity contribution in [3.63, 3.8) is 0 Å². The van der Waals surface area contributed by atoms with Crippen LogP contribution in [0.3, 0.4) is 0 Å². The number of aliphatic carboxylic acids is 1. The molecule has 0 radical (unpaired) electrons. The summed E-state index contributed by atoms with van der Waals surface area (Å²) in [5, 5.41) is 25.0. The number of carbonyl (C=O) groups excluding carboxylic acids is 3. The summed E-state index contributed by atoms with van der Waals surface area (Å²) in [7, 11) is 0. The van der Waals surface area contributed by atoms with Gasteiger partial charge in [-0.25, -0.2) is 4.79 Å². The number of amides is 3. The minimum Gasteiger partial charge on any atom is -0.480 e. The first-order valence-corrected chi connectivity index (χ1v) is 9.55. The monoisotopic (exact) mass is 431 g/mol. The number of nitrogens with zero attached hydrogens (tertiary/aromatic N) is 1. The van der Waals surface area contributed by atoms with Crippen LogP contribution in [0, 0.1) is 5.92 Å². The molecule has 0 saturated carbocycles. The Morgan fingerprint density at radius 1 is 1.07 bits per heavy atom. The molecule has 0 aromatic heterocycles.